The number of benzene rings is 2. The van der Waals surface area contributed by atoms with Crippen molar-refractivity contribution >= 4 is 56.9 Å². The Bertz CT molecular complexity index is 1660. The van der Waals surface area contributed by atoms with E-state index in [-0.39, 0.29) is 28.9 Å². The molecular formula is C29H31FIN7O4. The number of rotatable bonds is 5. The molecule has 1 aliphatic heterocycles. The van der Waals surface area contributed by atoms with Crippen LogP contribution in [-0.4, -0.2) is 75.5 Å². The van der Waals surface area contributed by atoms with E-state index in [0.717, 1.165) is 20.2 Å². The van der Waals surface area contributed by atoms with E-state index in [4.69, 9.17) is 9.47 Å². The third-order valence-corrected chi connectivity index (χ3v) is 7.46. The van der Waals surface area contributed by atoms with Crippen LogP contribution in [0.2, 0.25) is 0 Å². The van der Waals surface area contributed by atoms with E-state index in [0.29, 0.717) is 31.9 Å². The van der Waals surface area contributed by atoms with Gasteiger partial charge in [0.2, 0.25) is 0 Å². The summed E-state index contributed by atoms with van der Waals surface area (Å²) in [4.78, 5) is 38.6. The second kappa shape index (κ2) is 11.7. The van der Waals surface area contributed by atoms with Gasteiger partial charge < -0.3 is 24.6 Å². The van der Waals surface area contributed by atoms with Crippen molar-refractivity contribution in [1.82, 2.24) is 24.6 Å². The van der Waals surface area contributed by atoms with Crippen LogP contribution in [0, 0.1) is 9.39 Å². The number of nitrogens with one attached hydrogen (secondary N) is 1. The van der Waals surface area contributed by atoms with Crippen LogP contribution < -0.4 is 15.0 Å². The second-order valence-corrected chi connectivity index (χ2v) is 12.0. The van der Waals surface area contributed by atoms with Crippen LogP contribution in [0.15, 0.2) is 42.7 Å². The highest BCUT2D eigenvalue weighted by molar-refractivity contribution is 14.1. The van der Waals surface area contributed by atoms with Crippen LogP contribution >= 0.6 is 22.6 Å². The molecule has 0 spiro atoms. The van der Waals surface area contributed by atoms with Crippen LogP contribution in [0.25, 0.3) is 22.3 Å². The molecule has 11 nitrogen and oxygen atoms in total. The van der Waals surface area contributed by atoms with Crippen molar-refractivity contribution in [2.24, 2.45) is 7.05 Å². The molecule has 220 valence electrons. The average Bonchev–Trinajstić information content (AvgIpc) is 3.34. The first-order valence-electron chi connectivity index (χ1n) is 13.3. The zero-order valence-electron chi connectivity index (χ0n) is 23.9. The van der Waals surface area contributed by atoms with Crippen LogP contribution in [0.4, 0.5) is 20.6 Å². The molecule has 0 unspecified atom stereocenters. The summed E-state index contributed by atoms with van der Waals surface area (Å²) in [5.74, 6) is -0.747. The van der Waals surface area contributed by atoms with Crippen LogP contribution in [0.5, 0.6) is 5.75 Å². The topological polar surface area (TPSA) is 115 Å². The molecule has 1 saturated heterocycles. The van der Waals surface area contributed by atoms with Crippen molar-refractivity contribution in [2.75, 3.05) is 43.5 Å². The maximum Gasteiger partial charge on any atom is 0.410 e. The molecule has 2 aromatic heterocycles. The normalized spacial score (nSPS) is 13.8. The standard InChI is InChI=1S/C29H31FIN7O4/c1-29(2,3)42-28(40)38-13-11-37(12-14-38)25-17-16-36(4)35-24(17)19(31)15-21(25)34-27(39)20-9-10-32-26(33-20)23-18(30)7-6-8-22(23)41-5/h6-10,15-16H,11-14H2,1-5H3,(H,34,39). The Morgan fingerprint density at radius 2 is 1.86 bits per heavy atom. The predicted molar refractivity (Wildman–Crippen MR) is 165 cm³/mol. The SMILES string of the molecule is COc1cccc(F)c1-c1nccc(C(=O)Nc2cc(I)c3nn(C)cc3c2N2CCN(C(=O)OC(C)(C)C)CC2)n1. The number of hydrogen-bond donors (Lipinski definition) is 1. The van der Waals surface area contributed by atoms with Gasteiger partial charge in [0.05, 0.1) is 24.0 Å². The smallest absolute Gasteiger partial charge is 0.410 e. The summed E-state index contributed by atoms with van der Waals surface area (Å²) in [5.41, 5.74) is 1.72. The van der Waals surface area contributed by atoms with Crippen LogP contribution in [0.1, 0.15) is 31.3 Å². The minimum absolute atomic E-state index is 0.0355. The number of fused-ring (bicyclic) bond motifs is 1. The van der Waals surface area contributed by atoms with Crippen LogP contribution in [-0.2, 0) is 11.8 Å². The molecule has 1 N–H and O–H groups in total. The molecular weight excluding hydrogens is 656 g/mol. The summed E-state index contributed by atoms with van der Waals surface area (Å²) in [7, 11) is 3.28. The summed E-state index contributed by atoms with van der Waals surface area (Å²) < 4.78 is 28.1. The lowest BCUT2D eigenvalue weighted by Crippen LogP contribution is -2.50. The number of nitrogens with zero attached hydrogens (tertiary/aromatic N) is 6. The van der Waals surface area contributed by atoms with E-state index in [1.165, 1.54) is 31.5 Å². The Hall–Kier alpha value is -4.01. The third-order valence-electron chi connectivity index (χ3n) is 6.64. The largest absolute Gasteiger partial charge is 0.496 e. The monoisotopic (exact) mass is 687 g/mol. The molecule has 0 saturated carbocycles. The molecule has 0 atom stereocenters. The molecule has 3 heterocycles. The fraction of sp³-hybridized carbons (Fsp3) is 0.345. The van der Waals surface area contributed by atoms with Gasteiger partial charge in [-0.05, 0) is 67.6 Å². The van der Waals surface area contributed by atoms with Crippen molar-refractivity contribution in [3.8, 4) is 17.1 Å². The Balaban J connectivity index is 1.46. The van der Waals surface area contributed by atoms with Gasteiger partial charge in [-0.1, -0.05) is 6.07 Å². The van der Waals surface area contributed by atoms with E-state index in [2.05, 4.69) is 47.9 Å². The van der Waals surface area contributed by atoms with E-state index >= 15 is 0 Å². The van der Waals surface area contributed by atoms with Crippen LogP contribution in [0.3, 0.4) is 0 Å². The molecule has 0 radical (unpaired) electrons. The van der Waals surface area contributed by atoms with Gasteiger partial charge in [0.1, 0.15) is 28.4 Å². The van der Waals surface area contributed by atoms with E-state index in [9.17, 15) is 14.0 Å². The Labute approximate surface area is 256 Å². The summed E-state index contributed by atoms with van der Waals surface area (Å²) in [5, 5.41) is 8.49. The highest BCUT2D eigenvalue weighted by Gasteiger charge is 2.29. The number of methoxy groups -OCH3 is 1. The van der Waals surface area contributed by atoms with Gasteiger partial charge in [0.15, 0.2) is 5.82 Å². The number of carbonyl (C=O) groups is 2. The minimum Gasteiger partial charge on any atom is -0.496 e. The maximum atomic E-state index is 14.7. The Morgan fingerprint density at radius 3 is 2.55 bits per heavy atom. The lowest BCUT2D eigenvalue weighted by Gasteiger charge is -2.37. The molecule has 2 amide bonds. The van der Waals surface area contributed by atoms with Crippen molar-refractivity contribution in [3.05, 3.63) is 57.8 Å². The zero-order valence-corrected chi connectivity index (χ0v) is 26.1. The number of aryl methyl sites for hydroxylation is 1. The molecule has 4 aromatic rings. The summed E-state index contributed by atoms with van der Waals surface area (Å²) in [6.07, 6.45) is 2.97. The van der Waals surface area contributed by atoms with Gasteiger partial charge in [-0.3, -0.25) is 9.48 Å². The quantitative estimate of drug-likeness (QED) is 0.289. The lowest BCUT2D eigenvalue weighted by atomic mass is 10.1. The molecule has 42 heavy (non-hydrogen) atoms. The zero-order chi connectivity index (χ0) is 30.2. The fourth-order valence-corrected chi connectivity index (χ4v) is 5.52. The van der Waals surface area contributed by atoms with Gasteiger partial charge in [0.25, 0.3) is 5.91 Å². The highest BCUT2D eigenvalue weighted by atomic mass is 127. The predicted octanol–water partition coefficient (Wildman–Crippen LogP) is 5.09. The number of carbonyl (C=O) groups excluding carboxylic acids is 2. The number of amides is 2. The van der Waals surface area contributed by atoms with E-state index in [1.54, 1.807) is 15.6 Å². The first kappa shape index (κ1) is 29.5. The molecule has 5 rings (SSSR count). The summed E-state index contributed by atoms with van der Waals surface area (Å²) in [6, 6.07) is 7.76. The molecule has 0 bridgehead atoms. The van der Waals surface area contributed by atoms with Crippen molar-refractivity contribution < 1.29 is 23.5 Å². The second-order valence-electron chi connectivity index (χ2n) is 10.8. The number of halogens is 2. The number of hydrogen-bond acceptors (Lipinski definition) is 8. The van der Waals surface area contributed by atoms with Crippen molar-refractivity contribution in [3.63, 3.8) is 0 Å². The van der Waals surface area contributed by atoms with Gasteiger partial charge in [-0.15, -0.1) is 0 Å². The summed E-state index contributed by atoms with van der Waals surface area (Å²) >= 11 is 2.20. The molecule has 1 aliphatic rings. The first-order valence-corrected chi connectivity index (χ1v) is 14.4. The molecule has 0 aliphatic carbocycles. The molecule has 2 aromatic carbocycles. The summed E-state index contributed by atoms with van der Waals surface area (Å²) in [6.45, 7) is 7.48. The fourth-order valence-electron chi connectivity index (χ4n) is 4.81. The number of anilines is 2. The Morgan fingerprint density at radius 1 is 1.12 bits per heavy atom. The number of aromatic nitrogens is 4. The van der Waals surface area contributed by atoms with Gasteiger partial charge >= 0.3 is 6.09 Å². The number of piperazine rings is 1. The Kier molecular flexibility index (Phi) is 8.21. The first-order chi connectivity index (χ1) is 19.9. The van der Waals surface area contributed by atoms with Gasteiger partial charge in [0, 0.05) is 54.6 Å². The molecule has 1 fully saturated rings. The minimum atomic E-state index is -0.581. The molecule has 13 heteroatoms. The number of ether oxygens (including phenoxy) is 2. The van der Waals surface area contributed by atoms with Gasteiger partial charge in [-0.25, -0.2) is 19.2 Å². The van der Waals surface area contributed by atoms with Crippen molar-refractivity contribution in [2.45, 2.75) is 26.4 Å². The van der Waals surface area contributed by atoms with Gasteiger partial charge in [-0.2, -0.15) is 5.10 Å². The van der Waals surface area contributed by atoms with E-state index < -0.39 is 17.3 Å². The lowest BCUT2D eigenvalue weighted by molar-refractivity contribution is 0.0240. The maximum absolute atomic E-state index is 14.7. The average molecular weight is 688 g/mol. The highest BCUT2D eigenvalue weighted by Crippen LogP contribution is 2.38. The van der Waals surface area contributed by atoms with Crippen molar-refractivity contribution in [1.29, 1.82) is 0 Å². The van der Waals surface area contributed by atoms with E-state index in [1.807, 2.05) is 40.1 Å². The third kappa shape index (κ3) is 6.10.